The molecule has 0 saturated carbocycles. The highest BCUT2D eigenvalue weighted by atomic mass is 35.5. The molecule has 0 aromatic heterocycles. The van der Waals surface area contributed by atoms with Crippen molar-refractivity contribution in [3.8, 4) is 11.1 Å². The number of halogens is 1. The molecule has 5 rings (SSSR count). The van der Waals surface area contributed by atoms with Crippen LogP contribution in [0.5, 0.6) is 0 Å². The minimum absolute atomic E-state index is 0.269. The van der Waals surface area contributed by atoms with Crippen molar-refractivity contribution in [2.45, 2.75) is 31.2 Å². The summed E-state index contributed by atoms with van der Waals surface area (Å²) in [6.07, 6.45) is 2.37. The summed E-state index contributed by atoms with van der Waals surface area (Å²) >= 11 is 6.20. The number of fused-ring (bicyclic) bond motifs is 3. The fraction of sp³-hybridized carbons (Fsp3) is 0.381. The van der Waals surface area contributed by atoms with Crippen LogP contribution in [0.25, 0.3) is 11.1 Å². The Morgan fingerprint density at radius 2 is 2.04 bits per heavy atom. The summed E-state index contributed by atoms with van der Waals surface area (Å²) in [6, 6.07) is 13.0. The first-order chi connectivity index (χ1) is 12.6. The van der Waals surface area contributed by atoms with E-state index in [0.717, 1.165) is 36.4 Å². The fourth-order valence-electron chi connectivity index (χ4n) is 5.05. The van der Waals surface area contributed by atoms with Gasteiger partial charge in [-0.15, -0.1) is 0 Å². The molecule has 3 aliphatic rings. The predicted molar refractivity (Wildman–Crippen MR) is 103 cm³/mol. The Labute approximate surface area is 158 Å². The average Bonchev–Trinajstić information content (AvgIpc) is 2.97. The lowest BCUT2D eigenvalue weighted by molar-refractivity contribution is 0.127. The maximum atomic E-state index is 11.5. The topological polar surface area (TPSA) is 43.8 Å². The van der Waals surface area contributed by atoms with Gasteiger partial charge < -0.3 is 14.9 Å². The second-order valence-electron chi connectivity index (χ2n) is 7.57. The molecule has 1 N–H and O–H groups in total. The van der Waals surface area contributed by atoms with E-state index < -0.39 is 6.09 Å². The number of rotatable bonds is 1. The van der Waals surface area contributed by atoms with Crippen LogP contribution in [0.15, 0.2) is 36.4 Å². The molecule has 26 heavy (non-hydrogen) atoms. The number of hydrogen-bond acceptors (Lipinski definition) is 2. The highest BCUT2D eigenvalue weighted by Crippen LogP contribution is 2.50. The number of benzene rings is 2. The molecular weight excluding hydrogens is 348 g/mol. The highest BCUT2D eigenvalue weighted by molar-refractivity contribution is 6.30. The van der Waals surface area contributed by atoms with Crippen LogP contribution in [0.3, 0.4) is 0 Å². The van der Waals surface area contributed by atoms with Gasteiger partial charge in [0.15, 0.2) is 0 Å². The van der Waals surface area contributed by atoms with Gasteiger partial charge in [0.2, 0.25) is 0 Å². The van der Waals surface area contributed by atoms with Crippen molar-refractivity contribution in [2.24, 2.45) is 0 Å². The molecule has 0 bridgehead atoms. The number of nitrogens with zero attached hydrogens (tertiary/aromatic N) is 2. The molecule has 1 fully saturated rings. The van der Waals surface area contributed by atoms with Gasteiger partial charge in [0.05, 0.1) is 0 Å². The SMILES string of the molecule is O=C(O)N1CC[C@H]2[C@@H](C1)c1cc(-c3cccc(Cl)c3)cc3c1N2CCC3. The van der Waals surface area contributed by atoms with Crippen LogP contribution in [0.2, 0.25) is 5.02 Å². The van der Waals surface area contributed by atoms with Crippen molar-refractivity contribution in [1.82, 2.24) is 4.90 Å². The van der Waals surface area contributed by atoms with E-state index in [1.54, 1.807) is 4.90 Å². The minimum atomic E-state index is -0.801. The summed E-state index contributed by atoms with van der Waals surface area (Å²) in [5.74, 6) is 0.269. The maximum absolute atomic E-state index is 11.5. The summed E-state index contributed by atoms with van der Waals surface area (Å²) in [5, 5.41) is 10.2. The van der Waals surface area contributed by atoms with Crippen LogP contribution in [0.4, 0.5) is 10.5 Å². The van der Waals surface area contributed by atoms with Crippen LogP contribution >= 0.6 is 11.6 Å². The fourth-order valence-corrected chi connectivity index (χ4v) is 5.24. The normalized spacial score (nSPS) is 23.6. The van der Waals surface area contributed by atoms with E-state index >= 15 is 0 Å². The highest BCUT2D eigenvalue weighted by Gasteiger charge is 2.44. The second kappa shape index (κ2) is 5.92. The van der Waals surface area contributed by atoms with Gasteiger partial charge in [0.1, 0.15) is 0 Å². The smallest absolute Gasteiger partial charge is 0.407 e. The van der Waals surface area contributed by atoms with Crippen molar-refractivity contribution in [1.29, 1.82) is 0 Å². The van der Waals surface area contributed by atoms with Crippen LogP contribution in [0, 0.1) is 0 Å². The molecule has 4 nitrogen and oxygen atoms in total. The van der Waals surface area contributed by atoms with E-state index in [4.69, 9.17) is 11.6 Å². The van der Waals surface area contributed by atoms with Gasteiger partial charge in [0, 0.05) is 42.3 Å². The molecule has 1 amide bonds. The molecule has 1 saturated heterocycles. The Kier molecular flexibility index (Phi) is 3.64. The number of amides is 1. The monoisotopic (exact) mass is 368 g/mol. The largest absolute Gasteiger partial charge is 0.465 e. The molecule has 2 aromatic rings. The van der Waals surface area contributed by atoms with Crippen molar-refractivity contribution in [3.05, 3.63) is 52.5 Å². The second-order valence-corrected chi connectivity index (χ2v) is 8.01. The molecule has 0 radical (unpaired) electrons. The summed E-state index contributed by atoms with van der Waals surface area (Å²) < 4.78 is 0. The number of piperidine rings is 1. The first-order valence-electron chi connectivity index (χ1n) is 9.29. The lowest BCUT2D eigenvalue weighted by Gasteiger charge is -2.39. The summed E-state index contributed by atoms with van der Waals surface area (Å²) in [5.41, 5.74) is 6.43. The Morgan fingerprint density at radius 3 is 2.85 bits per heavy atom. The molecular formula is C21H21ClN2O2. The van der Waals surface area contributed by atoms with Crippen LogP contribution in [-0.2, 0) is 6.42 Å². The van der Waals surface area contributed by atoms with Gasteiger partial charge in [0.25, 0.3) is 0 Å². The molecule has 0 unspecified atom stereocenters. The van der Waals surface area contributed by atoms with Crippen LogP contribution in [0.1, 0.15) is 29.9 Å². The zero-order valence-corrected chi connectivity index (χ0v) is 15.2. The number of anilines is 1. The number of hydrogen-bond donors (Lipinski definition) is 1. The van der Waals surface area contributed by atoms with Gasteiger partial charge in [-0.25, -0.2) is 4.79 Å². The predicted octanol–water partition coefficient (Wildman–Crippen LogP) is 4.61. The third-order valence-electron chi connectivity index (χ3n) is 6.16. The molecule has 3 heterocycles. The average molecular weight is 369 g/mol. The zero-order valence-electron chi connectivity index (χ0n) is 14.5. The standard InChI is InChI=1S/C21H21ClN2O2/c22-16-5-1-3-13(10-16)15-9-14-4-2-7-24-19-6-8-23(21(25)26)12-18(19)17(11-15)20(14)24/h1,3,5,9-11,18-19H,2,4,6-8,12H2,(H,25,26)/t18-,19-/m0/s1. The molecule has 5 heteroatoms. The molecule has 2 atom stereocenters. The quantitative estimate of drug-likeness (QED) is 0.799. The summed E-state index contributed by atoms with van der Waals surface area (Å²) in [7, 11) is 0. The molecule has 2 aromatic carbocycles. The van der Waals surface area contributed by atoms with Crippen LogP contribution < -0.4 is 4.90 Å². The van der Waals surface area contributed by atoms with Crippen LogP contribution in [-0.4, -0.2) is 41.8 Å². The molecule has 3 aliphatic heterocycles. The molecule has 0 spiro atoms. The number of aryl methyl sites for hydroxylation is 1. The summed E-state index contributed by atoms with van der Waals surface area (Å²) in [4.78, 5) is 15.6. The Balaban J connectivity index is 1.63. The van der Waals surface area contributed by atoms with Gasteiger partial charge in [-0.1, -0.05) is 23.7 Å². The van der Waals surface area contributed by atoms with E-state index in [1.807, 2.05) is 18.2 Å². The van der Waals surface area contributed by atoms with E-state index in [9.17, 15) is 9.90 Å². The Hall–Kier alpha value is -2.20. The maximum Gasteiger partial charge on any atom is 0.407 e. The van der Waals surface area contributed by atoms with Crippen molar-refractivity contribution in [3.63, 3.8) is 0 Å². The number of likely N-dealkylation sites (tertiary alicyclic amines) is 1. The third-order valence-corrected chi connectivity index (χ3v) is 6.39. The lowest BCUT2D eigenvalue weighted by atomic mass is 9.87. The first-order valence-corrected chi connectivity index (χ1v) is 9.67. The first kappa shape index (κ1) is 16.0. The van der Waals surface area contributed by atoms with E-state index in [2.05, 4.69) is 23.1 Å². The van der Waals surface area contributed by atoms with Crippen molar-refractivity contribution in [2.75, 3.05) is 24.5 Å². The number of carboxylic acid groups (broad SMARTS) is 1. The van der Waals surface area contributed by atoms with E-state index in [0.29, 0.717) is 19.1 Å². The van der Waals surface area contributed by atoms with E-state index in [-0.39, 0.29) is 5.92 Å². The Bertz CT molecular complexity index is 898. The van der Waals surface area contributed by atoms with Crippen molar-refractivity contribution < 1.29 is 9.90 Å². The van der Waals surface area contributed by atoms with Gasteiger partial charge in [-0.3, -0.25) is 0 Å². The lowest BCUT2D eigenvalue weighted by Crippen LogP contribution is -2.48. The minimum Gasteiger partial charge on any atom is -0.465 e. The van der Waals surface area contributed by atoms with Crippen molar-refractivity contribution >= 4 is 23.4 Å². The number of carbonyl (C=O) groups is 1. The summed E-state index contributed by atoms with van der Waals surface area (Å²) in [6.45, 7) is 2.32. The van der Waals surface area contributed by atoms with Gasteiger partial charge in [-0.2, -0.15) is 0 Å². The molecule has 134 valence electrons. The third kappa shape index (κ3) is 2.39. The van der Waals surface area contributed by atoms with Gasteiger partial charge >= 0.3 is 6.09 Å². The zero-order chi connectivity index (χ0) is 17.8. The Morgan fingerprint density at radius 1 is 1.15 bits per heavy atom. The van der Waals surface area contributed by atoms with Gasteiger partial charge in [-0.05, 0) is 65.8 Å². The molecule has 0 aliphatic carbocycles. The van der Waals surface area contributed by atoms with E-state index in [1.165, 1.54) is 22.4 Å².